The molecule has 3 aromatic carbocycles. The standard InChI is InChI=1S/C29H31FN4O2/c30-23-13-11-22(12-14-23)27(35)10-5-17-32-18-15-29(16-19-32)28(36)33(26-9-4-6-24(31)20-26)21-34(29)25-7-2-1-3-8-25/h1-4,6-9,11-14,20H,5,10,15-19,21,31H2. The second-order valence-corrected chi connectivity index (χ2v) is 9.64. The number of nitrogens with zero attached hydrogens (tertiary/aromatic N) is 3. The van der Waals surface area contributed by atoms with Gasteiger partial charge in [0.05, 0.1) is 6.67 Å². The number of piperidine rings is 1. The van der Waals surface area contributed by atoms with E-state index >= 15 is 0 Å². The Morgan fingerprint density at radius 2 is 1.61 bits per heavy atom. The Kier molecular flexibility index (Phi) is 6.74. The second kappa shape index (κ2) is 10.1. The number of halogens is 1. The van der Waals surface area contributed by atoms with Crippen LogP contribution >= 0.6 is 0 Å². The number of benzene rings is 3. The van der Waals surface area contributed by atoms with Gasteiger partial charge in [-0.2, -0.15) is 0 Å². The molecule has 2 aliphatic rings. The Morgan fingerprint density at radius 3 is 2.31 bits per heavy atom. The zero-order chi connectivity index (χ0) is 25.1. The molecule has 2 heterocycles. The lowest BCUT2D eigenvalue weighted by Crippen LogP contribution is -2.56. The van der Waals surface area contributed by atoms with Gasteiger partial charge in [-0.25, -0.2) is 4.39 Å². The highest BCUT2D eigenvalue weighted by atomic mass is 19.1. The summed E-state index contributed by atoms with van der Waals surface area (Å²) in [7, 11) is 0. The summed E-state index contributed by atoms with van der Waals surface area (Å²) in [5.74, 6) is -0.195. The summed E-state index contributed by atoms with van der Waals surface area (Å²) in [5, 5.41) is 0. The highest BCUT2D eigenvalue weighted by molar-refractivity contribution is 6.06. The maximum atomic E-state index is 13.9. The molecule has 2 fully saturated rings. The molecule has 186 valence electrons. The molecule has 0 unspecified atom stereocenters. The highest BCUT2D eigenvalue weighted by Gasteiger charge is 2.54. The second-order valence-electron chi connectivity index (χ2n) is 9.64. The number of nitrogens with two attached hydrogens (primary N) is 1. The molecular formula is C29H31FN4O2. The molecule has 0 saturated carbocycles. The Morgan fingerprint density at radius 1 is 0.917 bits per heavy atom. The van der Waals surface area contributed by atoms with Crippen LogP contribution in [0.1, 0.15) is 36.0 Å². The molecule has 1 amide bonds. The van der Waals surface area contributed by atoms with Gasteiger partial charge in [0.25, 0.3) is 5.91 Å². The first-order valence-electron chi connectivity index (χ1n) is 12.5. The van der Waals surface area contributed by atoms with Crippen molar-refractivity contribution in [3.05, 3.63) is 90.2 Å². The Hall–Kier alpha value is -3.71. The fourth-order valence-electron chi connectivity index (χ4n) is 5.41. The van der Waals surface area contributed by atoms with E-state index < -0.39 is 5.54 Å². The van der Waals surface area contributed by atoms with Crippen molar-refractivity contribution in [2.75, 3.05) is 41.8 Å². The SMILES string of the molecule is Nc1cccc(N2CN(c3ccccc3)C3(CCN(CCCC(=O)c4ccc(F)cc4)CC3)C2=O)c1. The molecular weight excluding hydrogens is 455 g/mol. The normalized spacial score (nSPS) is 17.6. The lowest BCUT2D eigenvalue weighted by molar-refractivity contribution is -0.123. The molecule has 0 atom stereocenters. The number of hydrogen-bond donors (Lipinski definition) is 1. The number of nitrogen functional groups attached to an aromatic ring is 1. The van der Waals surface area contributed by atoms with Crippen LogP contribution in [-0.2, 0) is 4.79 Å². The van der Waals surface area contributed by atoms with Crippen LogP contribution in [0.15, 0.2) is 78.9 Å². The van der Waals surface area contributed by atoms with Crippen molar-refractivity contribution in [3.8, 4) is 0 Å². The van der Waals surface area contributed by atoms with E-state index in [0.29, 0.717) is 37.2 Å². The third-order valence-electron chi connectivity index (χ3n) is 7.42. The number of para-hydroxylation sites is 1. The average Bonchev–Trinajstić information content (AvgIpc) is 3.17. The third kappa shape index (κ3) is 4.71. The molecule has 0 bridgehead atoms. The summed E-state index contributed by atoms with van der Waals surface area (Å²) in [5.41, 5.74) is 8.45. The van der Waals surface area contributed by atoms with Crippen LogP contribution in [0.4, 0.5) is 21.5 Å². The minimum Gasteiger partial charge on any atom is -0.399 e. The number of amides is 1. The number of Topliss-reactive ketones (excluding diaryl/α,β-unsaturated/α-hetero) is 1. The van der Waals surface area contributed by atoms with E-state index in [1.807, 2.05) is 47.4 Å². The predicted octanol–water partition coefficient (Wildman–Crippen LogP) is 4.72. The van der Waals surface area contributed by atoms with Crippen molar-refractivity contribution in [1.82, 2.24) is 4.90 Å². The summed E-state index contributed by atoms with van der Waals surface area (Å²) in [6.45, 7) is 2.84. The maximum Gasteiger partial charge on any atom is 0.254 e. The van der Waals surface area contributed by atoms with E-state index in [1.54, 1.807) is 0 Å². The van der Waals surface area contributed by atoms with Crippen LogP contribution in [0.3, 0.4) is 0 Å². The summed E-state index contributed by atoms with van der Waals surface area (Å²) in [6.07, 6.45) is 2.58. The molecule has 2 N–H and O–H groups in total. The number of rotatable bonds is 7. The predicted molar refractivity (Wildman–Crippen MR) is 140 cm³/mol. The Bertz CT molecular complexity index is 1220. The van der Waals surface area contributed by atoms with Crippen LogP contribution in [0.25, 0.3) is 0 Å². The van der Waals surface area contributed by atoms with Gasteiger partial charge >= 0.3 is 0 Å². The van der Waals surface area contributed by atoms with Crippen molar-refractivity contribution < 1.29 is 14.0 Å². The minimum atomic E-state index is -0.605. The number of likely N-dealkylation sites (tertiary alicyclic amines) is 1. The van der Waals surface area contributed by atoms with Crippen molar-refractivity contribution in [2.24, 2.45) is 0 Å². The fraction of sp³-hybridized carbons (Fsp3) is 0.310. The first kappa shape index (κ1) is 24.0. The Labute approximate surface area is 211 Å². The number of hydrogen-bond acceptors (Lipinski definition) is 5. The lowest BCUT2D eigenvalue weighted by atomic mass is 9.85. The molecule has 36 heavy (non-hydrogen) atoms. The molecule has 6 nitrogen and oxygen atoms in total. The summed E-state index contributed by atoms with van der Waals surface area (Å²) < 4.78 is 13.1. The summed E-state index contributed by atoms with van der Waals surface area (Å²) in [6, 6.07) is 23.3. The van der Waals surface area contributed by atoms with E-state index in [0.717, 1.165) is 37.4 Å². The van der Waals surface area contributed by atoms with Crippen LogP contribution in [-0.4, -0.2) is 48.4 Å². The molecule has 0 radical (unpaired) electrons. The summed E-state index contributed by atoms with van der Waals surface area (Å²) >= 11 is 0. The van der Waals surface area contributed by atoms with Crippen LogP contribution in [0, 0.1) is 5.82 Å². The van der Waals surface area contributed by atoms with Crippen molar-refractivity contribution in [2.45, 2.75) is 31.2 Å². The Balaban J connectivity index is 1.26. The van der Waals surface area contributed by atoms with E-state index in [9.17, 15) is 14.0 Å². The quantitative estimate of drug-likeness (QED) is 0.387. The van der Waals surface area contributed by atoms with Gasteiger partial charge in [-0.3, -0.25) is 14.5 Å². The monoisotopic (exact) mass is 486 g/mol. The van der Waals surface area contributed by atoms with Gasteiger partial charge in [-0.05, 0) is 80.4 Å². The van der Waals surface area contributed by atoms with Crippen molar-refractivity contribution >= 4 is 28.8 Å². The molecule has 2 saturated heterocycles. The lowest BCUT2D eigenvalue weighted by Gasteiger charge is -2.43. The zero-order valence-corrected chi connectivity index (χ0v) is 20.3. The largest absolute Gasteiger partial charge is 0.399 e. The minimum absolute atomic E-state index is 0.0301. The van der Waals surface area contributed by atoms with Crippen molar-refractivity contribution in [3.63, 3.8) is 0 Å². The average molecular weight is 487 g/mol. The molecule has 5 rings (SSSR count). The van der Waals surface area contributed by atoms with Gasteiger partial charge in [0.1, 0.15) is 11.4 Å². The molecule has 0 aliphatic carbocycles. The van der Waals surface area contributed by atoms with Gasteiger partial charge in [-0.1, -0.05) is 24.3 Å². The van der Waals surface area contributed by atoms with Gasteiger partial charge in [0.2, 0.25) is 0 Å². The first-order chi connectivity index (χ1) is 17.5. The van der Waals surface area contributed by atoms with Crippen LogP contribution in [0.2, 0.25) is 0 Å². The van der Waals surface area contributed by atoms with E-state index in [-0.39, 0.29) is 17.5 Å². The van der Waals surface area contributed by atoms with Crippen molar-refractivity contribution in [1.29, 1.82) is 0 Å². The van der Waals surface area contributed by atoms with Gasteiger partial charge in [0, 0.05) is 42.1 Å². The molecule has 3 aromatic rings. The molecule has 2 aliphatic heterocycles. The molecule has 1 spiro atoms. The van der Waals surface area contributed by atoms with Crippen LogP contribution < -0.4 is 15.5 Å². The third-order valence-corrected chi connectivity index (χ3v) is 7.42. The zero-order valence-electron chi connectivity index (χ0n) is 20.3. The van der Waals surface area contributed by atoms with E-state index in [1.165, 1.54) is 24.3 Å². The van der Waals surface area contributed by atoms with Gasteiger partial charge in [-0.15, -0.1) is 0 Å². The number of anilines is 3. The van der Waals surface area contributed by atoms with Gasteiger partial charge < -0.3 is 15.5 Å². The molecule has 7 heteroatoms. The number of carbonyl (C=O) groups excluding carboxylic acids is 2. The van der Waals surface area contributed by atoms with E-state index in [4.69, 9.17) is 5.73 Å². The van der Waals surface area contributed by atoms with Crippen LogP contribution in [0.5, 0.6) is 0 Å². The van der Waals surface area contributed by atoms with E-state index in [2.05, 4.69) is 21.9 Å². The highest BCUT2D eigenvalue weighted by Crippen LogP contribution is 2.41. The first-order valence-corrected chi connectivity index (χ1v) is 12.5. The number of carbonyl (C=O) groups is 2. The van der Waals surface area contributed by atoms with Gasteiger partial charge in [0.15, 0.2) is 5.78 Å². The smallest absolute Gasteiger partial charge is 0.254 e. The molecule has 0 aromatic heterocycles. The topological polar surface area (TPSA) is 69.9 Å². The fourth-order valence-corrected chi connectivity index (χ4v) is 5.41. The number of ketones is 1. The summed E-state index contributed by atoms with van der Waals surface area (Å²) in [4.78, 5) is 32.8. The maximum absolute atomic E-state index is 13.9.